The molecule has 2 aromatic heterocycles. The van der Waals surface area contributed by atoms with Crippen molar-refractivity contribution in [3.63, 3.8) is 0 Å². The fourth-order valence-corrected chi connectivity index (χ4v) is 1.99. The van der Waals surface area contributed by atoms with Crippen molar-refractivity contribution in [3.8, 4) is 0 Å². The minimum atomic E-state index is 0.398. The molecule has 110 valence electrons. The molecule has 0 saturated carbocycles. The molecule has 0 radical (unpaired) electrons. The molecule has 2 heterocycles. The SMILES string of the molecule is COCc1nc(N(C)CCN(C)C)c2cnn(C)c2n1. The molecule has 0 N–H and O–H groups in total. The van der Waals surface area contributed by atoms with Crippen molar-refractivity contribution >= 4 is 16.9 Å². The maximum atomic E-state index is 5.14. The molecular weight excluding hydrogens is 256 g/mol. The molecule has 0 amide bonds. The molecule has 2 rings (SSSR count). The number of anilines is 1. The lowest BCUT2D eigenvalue weighted by molar-refractivity contribution is 0.178. The number of hydrogen-bond donors (Lipinski definition) is 0. The molecule has 0 aliphatic rings. The van der Waals surface area contributed by atoms with Crippen LogP contribution in [0.25, 0.3) is 11.0 Å². The summed E-state index contributed by atoms with van der Waals surface area (Å²) in [4.78, 5) is 13.4. The van der Waals surface area contributed by atoms with E-state index in [1.165, 1.54) is 0 Å². The molecule has 2 aromatic rings. The second kappa shape index (κ2) is 6.15. The van der Waals surface area contributed by atoms with Gasteiger partial charge in [0.1, 0.15) is 12.4 Å². The summed E-state index contributed by atoms with van der Waals surface area (Å²) in [6, 6.07) is 0. The van der Waals surface area contributed by atoms with Crippen LogP contribution in [-0.4, -0.2) is 66.0 Å². The van der Waals surface area contributed by atoms with Gasteiger partial charge in [-0.2, -0.15) is 5.10 Å². The molecule has 0 spiro atoms. The molecule has 0 aromatic carbocycles. The van der Waals surface area contributed by atoms with Gasteiger partial charge in [-0.25, -0.2) is 9.97 Å². The smallest absolute Gasteiger partial charge is 0.163 e. The highest BCUT2D eigenvalue weighted by Crippen LogP contribution is 2.22. The van der Waals surface area contributed by atoms with Crippen LogP contribution in [0.2, 0.25) is 0 Å². The summed E-state index contributed by atoms with van der Waals surface area (Å²) in [7, 11) is 9.68. The normalized spacial score (nSPS) is 11.5. The van der Waals surface area contributed by atoms with Crippen LogP contribution in [0.5, 0.6) is 0 Å². The van der Waals surface area contributed by atoms with E-state index in [1.54, 1.807) is 11.8 Å². The Kier molecular flexibility index (Phi) is 4.51. The zero-order valence-electron chi connectivity index (χ0n) is 12.8. The highest BCUT2D eigenvalue weighted by molar-refractivity contribution is 5.86. The summed E-state index contributed by atoms with van der Waals surface area (Å²) in [5.41, 5.74) is 0.832. The number of fused-ring (bicyclic) bond motifs is 1. The molecule has 0 aliphatic heterocycles. The third-order valence-electron chi connectivity index (χ3n) is 3.14. The maximum Gasteiger partial charge on any atom is 0.163 e. The van der Waals surface area contributed by atoms with Gasteiger partial charge in [-0.3, -0.25) is 4.68 Å². The van der Waals surface area contributed by atoms with Gasteiger partial charge in [-0.15, -0.1) is 0 Å². The summed E-state index contributed by atoms with van der Waals surface area (Å²) in [6.07, 6.45) is 1.81. The Balaban J connectivity index is 2.39. The molecule has 0 bridgehead atoms. The topological polar surface area (TPSA) is 59.3 Å². The summed E-state index contributed by atoms with van der Waals surface area (Å²) in [6.45, 7) is 2.25. The van der Waals surface area contributed by atoms with Gasteiger partial charge in [0.05, 0.1) is 11.6 Å². The van der Waals surface area contributed by atoms with Gasteiger partial charge in [0.15, 0.2) is 11.5 Å². The van der Waals surface area contributed by atoms with Gasteiger partial charge < -0.3 is 14.5 Å². The standard InChI is InChI=1S/C13H22N6O/c1-17(2)6-7-18(3)12-10-8-14-19(4)13(10)16-11(15-12)9-20-5/h8H,6-7,9H2,1-5H3. The highest BCUT2D eigenvalue weighted by atomic mass is 16.5. The van der Waals surface area contributed by atoms with Gasteiger partial charge in [0.2, 0.25) is 0 Å². The van der Waals surface area contributed by atoms with E-state index in [0.717, 1.165) is 29.9 Å². The van der Waals surface area contributed by atoms with E-state index in [-0.39, 0.29) is 0 Å². The van der Waals surface area contributed by atoms with E-state index < -0.39 is 0 Å². The Morgan fingerprint density at radius 3 is 2.60 bits per heavy atom. The average molecular weight is 278 g/mol. The lowest BCUT2D eigenvalue weighted by Crippen LogP contribution is -2.29. The van der Waals surface area contributed by atoms with Crippen molar-refractivity contribution in [1.82, 2.24) is 24.6 Å². The molecule has 0 atom stereocenters. The first-order chi connectivity index (χ1) is 9.52. The number of methoxy groups -OCH3 is 1. The zero-order chi connectivity index (χ0) is 14.7. The summed E-state index contributed by atoms with van der Waals surface area (Å²) in [5.74, 6) is 1.58. The van der Waals surface area contributed by atoms with E-state index in [4.69, 9.17) is 4.74 Å². The lowest BCUT2D eigenvalue weighted by Gasteiger charge is -2.21. The maximum absolute atomic E-state index is 5.14. The predicted octanol–water partition coefficient (Wildman–Crippen LogP) is 0.508. The summed E-state index contributed by atoms with van der Waals surface area (Å²) in [5, 5.41) is 5.24. The van der Waals surface area contributed by atoms with Crippen molar-refractivity contribution in [2.45, 2.75) is 6.61 Å². The number of ether oxygens (including phenoxy) is 1. The number of likely N-dealkylation sites (N-methyl/N-ethyl adjacent to an activating group) is 2. The van der Waals surface area contributed by atoms with Crippen molar-refractivity contribution < 1.29 is 4.74 Å². The van der Waals surface area contributed by atoms with Crippen LogP contribution in [0, 0.1) is 0 Å². The fraction of sp³-hybridized carbons (Fsp3) is 0.615. The average Bonchev–Trinajstić information content (AvgIpc) is 2.77. The van der Waals surface area contributed by atoms with Crippen LogP contribution in [0.3, 0.4) is 0 Å². The molecule has 0 aliphatic carbocycles. The van der Waals surface area contributed by atoms with Crippen LogP contribution in [-0.2, 0) is 18.4 Å². The minimum Gasteiger partial charge on any atom is -0.377 e. The minimum absolute atomic E-state index is 0.398. The number of hydrogen-bond acceptors (Lipinski definition) is 6. The van der Waals surface area contributed by atoms with E-state index in [9.17, 15) is 0 Å². The third kappa shape index (κ3) is 3.05. The van der Waals surface area contributed by atoms with Gasteiger partial charge in [-0.05, 0) is 14.1 Å². The van der Waals surface area contributed by atoms with E-state index in [1.807, 2.05) is 20.3 Å². The van der Waals surface area contributed by atoms with Crippen molar-refractivity contribution in [2.24, 2.45) is 7.05 Å². The molecule has 0 unspecified atom stereocenters. The molecule has 0 fully saturated rings. The Labute approximate surface area is 119 Å². The number of nitrogens with zero attached hydrogens (tertiary/aromatic N) is 6. The van der Waals surface area contributed by atoms with Crippen molar-refractivity contribution in [3.05, 3.63) is 12.0 Å². The Morgan fingerprint density at radius 1 is 1.20 bits per heavy atom. The number of aryl methyl sites for hydroxylation is 1. The van der Waals surface area contributed by atoms with Crippen LogP contribution in [0.4, 0.5) is 5.82 Å². The first kappa shape index (κ1) is 14.7. The van der Waals surface area contributed by atoms with Gasteiger partial charge in [-0.1, -0.05) is 0 Å². The molecule has 20 heavy (non-hydrogen) atoms. The molecule has 7 heteroatoms. The van der Waals surface area contributed by atoms with Crippen LogP contribution < -0.4 is 4.90 Å². The first-order valence-electron chi connectivity index (χ1n) is 6.56. The van der Waals surface area contributed by atoms with Crippen molar-refractivity contribution in [1.29, 1.82) is 0 Å². The quantitative estimate of drug-likeness (QED) is 0.767. The monoisotopic (exact) mass is 278 g/mol. The van der Waals surface area contributed by atoms with Crippen LogP contribution in [0.15, 0.2) is 6.20 Å². The molecule has 7 nitrogen and oxygen atoms in total. The van der Waals surface area contributed by atoms with E-state index >= 15 is 0 Å². The van der Waals surface area contributed by atoms with Crippen LogP contribution in [0.1, 0.15) is 5.82 Å². The van der Waals surface area contributed by atoms with E-state index in [0.29, 0.717) is 12.4 Å². The van der Waals surface area contributed by atoms with Gasteiger partial charge in [0.25, 0.3) is 0 Å². The third-order valence-corrected chi connectivity index (χ3v) is 3.14. The Morgan fingerprint density at radius 2 is 1.95 bits per heavy atom. The van der Waals surface area contributed by atoms with Crippen LogP contribution >= 0.6 is 0 Å². The summed E-state index contributed by atoms with van der Waals surface area (Å²) >= 11 is 0. The predicted molar refractivity (Wildman–Crippen MR) is 78.8 cm³/mol. The molecule has 0 saturated heterocycles. The number of rotatable bonds is 6. The lowest BCUT2D eigenvalue weighted by atomic mass is 10.3. The second-order valence-corrected chi connectivity index (χ2v) is 5.13. The first-order valence-corrected chi connectivity index (χ1v) is 6.56. The number of aromatic nitrogens is 4. The summed E-state index contributed by atoms with van der Waals surface area (Å²) < 4.78 is 6.91. The Bertz CT molecular complexity index is 579. The molecular formula is C13H22N6O. The second-order valence-electron chi connectivity index (χ2n) is 5.13. The Hall–Kier alpha value is -1.73. The van der Waals surface area contributed by atoms with Crippen molar-refractivity contribution in [2.75, 3.05) is 46.2 Å². The highest BCUT2D eigenvalue weighted by Gasteiger charge is 2.14. The van der Waals surface area contributed by atoms with E-state index in [2.05, 4.69) is 39.0 Å². The fourth-order valence-electron chi connectivity index (χ4n) is 1.99. The zero-order valence-corrected chi connectivity index (χ0v) is 12.8. The van der Waals surface area contributed by atoms with Gasteiger partial charge >= 0.3 is 0 Å². The van der Waals surface area contributed by atoms with Gasteiger partial charge in [0, 0.05) is 34.3 Å². The largest absolute Gasteiger partial charge is 0.377 e.